The fourth-order valence-electron chi connectivity index (χ4n) is 4.66. The van der Waals surface area contributed by atoms with Gasteiger partial charge in [0.1, 0.15) is 28.5 Å². The molecule has 0 saturated carbocycles. The van der Waals surface area contributed by atoms with E-state index in [4.69, 9.17) is 14.2 Å². The number of alkyl halides is 3. The number of hydrogen-bond acceptors (Lipinski definition) is 7. The number of hydrogen-bond donors (Lipinski definition) is 0. The van der Waals surface area contributed by atoms with Gasteiger partial charge < -0.3 is 19.1 Å². The highest BCUT2D eigenvalue weighted by Gasteiger charge is 2.32. The van der Waals surface area contributed by atoms with Crippen molar-refractivity contribution in [2.45, 2.75) is 26.4 Å². The molecule has 4 aromatic rings. The Kier molecular flexibility index (Phi) is 7.16. The molecule has 3 heterocycles. The van der Waals surface area contributed by atoms with Crippen LogP contribution in [0.5, 0.6) is 5.75 Å². The fourth-order valence-corrected chi connectivity index (χ4v) is 4.66. The molecule has 0 bridgehead atoms. The van der Waals surface area contributed by atoms with Crippen LogP contribution in [0.25, 0.3) is 22.4 Å². The minimum absolute atomic E-state index is 0.100. The number of ether oxygens (including phenoxy) is 1. The van der Waals surface area contributed by atoms with Gasteiger partial charge in [0.2, 0.25) is 0 Å². The summed E-state index contributed by atoms with van der Waals surface area (Å²) < 4.78 is 51.0. The molecule has 204 valence electrons. The van der Waals surface area contributed by atoms with Gasteiger partial charge in [-0.2, -0.15) is 18.2 Å². The van der Waals surface area contributed by atoms with Crippen LogP contribution >= 0.6 is 0 Å². The van der Waals surface area contributed by atoms with Crippen LogP contribution in [0.1, 0.15) is 35.6 Å². The number of rotatable bonds is 6. The second-order valence-corrected chi connectivity index (χ2v) is 9.86. The predicted octanol–water partition coefficient (Wildman–Crippen LogP) is 5.47. The van der Waals surface area contributed by atoms with Crippen molar-refractivity contribution >= 4 is 22.8 Å². The van der Waals surface area contributed by atoms with E-state index in [1.165, 1.54) is 6.07 Å². The Hall–Kier alpha value is -4.15. The summed E-state index contributed by atoms with van der Waals surface area (Å²) in [5, 5.41) is 4.57. The summed E-state index contributed by atoms with van der Waals surface area (Å²) in [7, 11) is 1.55. The van der Waals surface area contributed by atoms with Gasteiger partial charge in [-0.05, 0) is 36.2 Å². The molecular weight excluding hydrogens is 511 g/mol. The smallest absolute Gasteiger partial charge is 0.416 e. The van der Waals surface area contributed by atoms with Crippen LogP contribution in [0.4, 0.5) is 19.0 Å². The number of carbonyl (C=O) groups is 1. The molecule has 1 saturated heterocycles. The first-order valence-electron chi connectivity index (χ1n) is 12.7. The molecule has 0 spiro atoms. The molecule has 0 N–H and O–H groups in total. The van der Waals surface area contributed by atoms with E-state index in [1.54, 1.807) is 42.3 Å². The topological polar surface area (TPSA) is 84.6 Å². The molecule has 11 heteroatoms. The zero-order valence-corrected chi connectivity index (χ0v) is 21.8. The van der Waals surface area contributed by atoms with E-state index in [0.29, 0.717) is 60.9 Å². The third-order valence-corrected chi connectivity index (χ3v) is 6.60. The number of carbonyl (C=O) groups excluding carboxylic acids is 1. The number of anilines is 1. The van der Waals surface area contributed by atoms with Gasteiger partial charge in [-0.3, -0.25) is 4.79 Å². The van der Waals surface area contributed by atoms with Crippen molar-refractivity contribution in [1.29, 1.82) is 0 Å². The van der Waals surface area contributed by atoms with Crippen molar-refractivity contribution in [3.05, 3.63) is 65.5 Å². The Morgan fingerprint density at radius 2 is 1.79 bits per heavy atom. The van der Waals surface area contributed by atoms with Gasteiger partial charge in [0.05, 0.1) is 12.7 Å². The van der Waals surface area contributed by atoms with Crippen molar-refractivity contribution in [2.24, 2.45) is 5.92 Å². The zero-order valence-electron chi connectivity index (χ0n) is 21.8. The molecule has 2 aromatic carbocycles. The SMILES string of the molecule is COc1cccc(C(=O)N2CCN(c3nc(CC(C)C)nc4onc(-c5cccc(C(F)(F)F)c5)c34)CC2)c1. The summed E-state index contributed by atoms with van der Waals surface area (Å²) >= 11 is 0. The van der Waals surface area contributed by atoms with Crippen molar-refractivity contribution in [3.8, 4) is 17.0 Å². The molecule has 1 aliphatic rings. The standard InChI is InChI=1S/C28H28F3N5O3/c1-17(2)14-22-32-25(35-10-12-36(13-11-35)27(37)19-7-5-9-21(16-19)38-3)23-24(34-39-26(23)33-22)18-6-4-8-20(15-18)28(29,30)31/h4-9,15-17H,10-14H2,1-3H3. The summed E-state index contributed by atoms with van der Waals surface area (Å²) in [6, 6.07) is 12.0. The molecule has 8 nitrogen and oxygen atoms in total. The second kappa shape index (κ2) is 10.5. The minimum atomic E-state index is -4.50. The molecule has 39 heavy (non-hydrogen) atoms. The lowest BCUT2D eigenvalue weighted by atomic mass is 10.0. The molecule has 0 aliphatic carbocycles. The molecule has 0 atom stereocenters. The first kappa shape index (κ1) is 26.5. The van der Waals surface area contributed by atoms with Crippen LogP contribution in [-0.2, 0) is 12.6 Å². The van der Waals surface area contributed by atoms with Crippen molar-refractivity contribution in [1.82, 2.24) is 20.0 Å². The Morgan fingerprint density at radius 1 is 1.05 bits per heavy atom. The Balaban J connectivity index is 1.48. The Morgan fingerprint density at radius 3 is 2.49 bits per heavy atom. The molecule has 1 fully saturated rings. The monoisotopic (exact) mass is 539 g/mol. The van der Waals surface area contributed by atoms with E-state index in [0.717, 1.165) is 12.1 Å². The van der Waals surface area contributed by atoms with Crippen molar-refractivity contribution in [2.75, 3.05) is 38.2 Å². The zero-order chi connectivity index (χ0) is 27.7. The second-order valence-electron chi connectivity index (χ2n) is 9.86. The first-order valence-corrected chi connectivity index (χ1v) is 12.7. The van der Waals surface area contributed by atoms with Crippen LogP contribution in [0.2, 0.25) is 0 Å². The predicted molar refractivity (Wildman–Crippen MR) is 140 cm³/mol. The summed E-state index contributed by atoms with van der Waals surface area (Å²) in [4.78, 5) is 26.2. The highest BCUT2D eigenvalue weighted by atomic mass is 19.4. The maximum atomic E-state index is 13.4. The van der Waals surface area contributed by atoms with Crippen molar-refractivity contribution < 1.29 is 27.2 Å². The van der Waals surface area contributed by atoms with Crippen LogP contribution in [0.3, 0.4) is 0 Å². The summed E-state index contributed by atoms with van der Waals surface area (Å²) in [5.41, 5.74) is 0.490. The number of nitrogens with zero attached hydrogens (tertiary/aromatic N) is 5. The average Bonchev–Trinajstić information content (AvgIpc) is 3.35. The fraction of sp³-hybridized carbons (Fsp3) is 0.357. The highest BCUT2D eigenvalue weighted by Crippen LogP contribution is 2.37. The summed E-state index contributed by atoms with van der Waals surface area (Å²) in [6.45, 7) is 5.90. The average molecular weight is 540 g/mol. The Bertz CT molecular complexity index is 1490. The van der Waals surface area contributed by atoms with E-state index >= 15 is 0 Å². The van der Waals surface area contributed by atoms with E-state index in [-0.39, 0.29) is 28.8 Å². The van der Waals surface area contributed by atoms with E-state index in [9.17, 15) is 18.0 Å². The van der Waals surface area contributed by atoms with Gasteiger partial charge in [-0.15, -0.1) is 0 Å². The van der Waals surface area contributed by atoms with E-state index in [1.807, 2.05) is 18.7 Å². The van der Waals surface area contributed by atoms with E-state index < -0.39 is 11.7 Å². The molecule has 0 radical (unpaired) electrons. The summed E-state index contributed by atoms with van der Waals surface area (Å²) in [5.74, 6) is 1.89. The molecule has 1 aliphatic heterocycles. The Labute approximate surface area is 223 Å². The van der Waals surface area contributed by atoms with Gasteiger partial charge in [0.15, 0.2) is 0 Å². The molecule has 2 aromatic heterocycles. The number of amides is 1. The number of halogens is 3. The molecule has 5 rings (SSSR count). The minimum Gasteiger partial charge on any atom is -0.497 e. The molecular formula is C28H28F3N5O3. The van der Waals surface area contributed by atoms with Gasteiger partial charge >= 0.3 is 6.18 Å². The first-order chi connectivity index (χ1) is 18.6. The number of aromatic nitrogens is 3. The van der Waals surface area contributed by atoms with Gasteiger partial charge in [0.25, 0.3) is 11.6 Å². The van der Waals surface area contributed by atoms with Gasteiger partial charge in [-0.25, -0.2) is 4.98 Å². The number of piperazine rings is 1. The molecule has 0 unspecified atom stereocenters. The lowest BCUT2D eigenvalue weighted by Gasteiger charge is -2.35. The van der Waals surface area contributed by atoms with E-state index in [2.05, 4.69) is 10.1 Å². The summed E-state index contributed by atoms with van der Waals surface area (Å²) in [6.07, 6.45) is -3.90. The van der Waals surface area contributed by atoms with Gasteiger partial charge in [-0.1, -0.05) is 37.2 Å². The normalized spacial score (nSPS) is 14.3. The van der Waals surface area contributed by atoms with Crippen LogP contribution < -0.4 is 9.64 Å². The number of fused-ring (bicyclic) bond motifs is 1. The lowest BCUT2D eigenvalue weighted by molar-refractivity contribution is -0.137. The lowest BCUT2D eigenvalue weighted by Crippen LogP contribution is -2.49. The third kappa shape index (κ3) is 5.52. The number of benzene rings is 2. The number of methoxy groups -OCH3 is 1. The quantitative estimate of drug-likeness (QED) is 0.321. The van der Waals surface area contributed by atoms with Crippen molar-refractivity contribution in [3.63, 3.8) is 0 Å². The highest BCUT2D eigenvalue weighted by molar-refractivity contribution is 5.98. The maximum absolute atomic E-state index is 13.4. The molecule has 1 amide bonds. The van der Waals surface area contributed by atoms with Gasteiger partial charge in [0, 0.05) is 43.7 Å². The van der Waals surface area contributed by atoms with Crippen LogP contribution in [-0.4, -0.2) is 59.2 Å². The largest absolute Gasteiger partial charge is 0.497 e. The third-order valence-electron chi connectivity index (χ3n) is 6.60. The van der Waals surface area contributed by atoms with Crippen LogP contribution in [0, 0.1) is 5.92 Å². The maximum Gasteiger partial charge on any atom is 0.416 e. The van der Waals surface area contributed by atoms with Crippen LogP contribution in [0.15, 0.2) is 53.1 Å².